The number of rotatable bonds is 7. The number of nitrogens with zero attached hydrogens (tertiary/aromatic N) is 6. The Morgan fingerprint density at radius 1 is 1.10 bits per heavy atom. The Hall–Kier alpha value is -3.92. The number of carbonyl (C=O) groups excluding carboxylic acids is 1. The van der Waals surface area contributed by atoms with E-state index in [4.69, 9.17) is 17.0 Å². The largest absolute Gasteiger partial charge is 0.378 e. The molecule has 2 saturated heterocycles. The van der Waals surface area contributed by atoms with Crippen LogP contribution >= 0.6 is 24.0 Å². The van der Waals surface area contributed by atoms with Crippen molar-refractivity contribution in [3.8, 4) is 11.8 Å². The van der Waals surface area contributed by atoms with Gasteiger partial charge in [-0.15, -0.1) is 0 Å². The highest BCUT2D eigenvalue weighted by atomic mass is 32.2. The summed E-state index contributed by atoms with van der Waals surface area (Å²) < 4.78 is 10.7. The van der Waals surface area contributed by atoms with Crippen molar-refractivity contribution in [3.05, 3.63) is 78.3 Å². The van der Waals surface area contributed by atoms with Gasteiger partial charge in [-0.3, -0.25) is 28.5 Å². The van der Waals surface area contributed by atoms with Crippen molar-refractivity contribution in [2.75, 3.05) is 36.1 Å². The Morgan fingerprint density at radius 2 is 1.79 bits per heavy atom. The van der Waals surface area contributed by atoms with E-state index < -0.39 is 5.91 Å². The standard InChI is InChI=1S/C30H32N6O4S2/c1-5-6-12-34-26(33-13-15-40-16-14-33)22(19(2)23(18-31)27(34)37)17-24-28(38)35(30(41)42-24)25-20(3)32(4)36(29(25)39)21-10-8-7-9-11-21/h7-11,17H,5-6,12-16H2,1-4H3/b24-17+. The van der Waals surface area contributed by atoms with Gasteiger partial charge in [0.25, 0.3) is 17.0 Å². The van der Waals surface area contributed by atoms with Crippen LogP contribution in [0.3, 0.4) is 0 Å². The first-order valence-corrected chi connectivity index (χ1v) is 15.1. The van der Waals surface area contributed by atoms with Crippen LogP contribution in [0.4, 0.5) is 11.5 Å². The number of anilines is 2. The number of hydrogen-bond acceptors (Lipinski definition) is 8. The number of hydrogen-bond donors (Lipinski definition) is 0. The van der Waals surface area contributed by atoms with Crippen LogP contribution in [0.5, 0.6) is 0 Å². The van der Waals surface area contributed by atoms with Gasteiger partial charge in [0.2, 0.25) is 0 Å². The Bertz CT molecular complexity index is 1760. The second-order valence-corrected chi connectivity index (χ2v) is 11.9. The first-order chi connectivity index (χ1) is 20.2. The first kappa shape index (κ1) is 29.6. The molecule has 2 fully saturated rings. The predicted octanol–water partition coefficient (Wildman–Crippen LogP) is 3.87. The van der Waals surface area contributed by atoms with Crippen LogP contribution in [-0.4, -0.2) is 50.5 Å². The smallest absolute Gasteiger partial charge is 0.296 e. The van der Waals surface area contributed by atoms with Crippen molar-refractivity contribution < 1.29 is 9.53 Å². The van der Waals surface area contributed by atoms with E-state index in [-0.39, 0.29) is 26.7 Å². The van der Waals surface area contributed by atoms with Crippen LogP contribution < -0.4 is 20.9 Å². The Kier molecular flexibility index (Phi) is 8.54. The lowest BCUT2D eigenvalue weighted by molar-refractivity contribution is -0.113. The van der Waals surface area contributed by atoms with E-state index in [1.165, 1.54) is 9.58 Å². The highest BCUT2D eigenvalue weighted by molar-refractivity contribution is 8.27. The summed E-state index contributed by atoms with van der Waals surface area (Å²) in [5.41, 5.74) is 1.94. The molecule has 5 rings (SSSR count). The first-order valence-electron chi connectivity index (χ1n) is 13.8. The number of thioether (sulfide) groups is 1. The maximum atomic E-state index is 14.0. The van der Waals surface area contributed by atoms with Gasteiger partial charge in [0.1, 0.15) is 23.1 Å². The average Bonchev–Trinajstić information content (AvgIpc) is 3.38. The normalized spacial score (nSPS) is 16.5. The van der Waals surface area contributed by atoms with Crippen molar-refractivity contribution in [1.82, 2.24) is 13.9 Å². The fourth-order valence-corrected chi connectivity index (χ4v) is 6.64. The monoisotopic (exact) mass is 604 g/mol. The molecule has 3 aromatic rings. The van der Waals surface area contributed by atoms with Crippen molar-refractivity contribution in [2.24, 2.45) is 7.05 Å². The number of morpholine rings is 1. The van der Waals surface area contributed by atoms with E-state index in [0.29, 0.717) is 66.1 Å². The Morgan fingerprint density at radius 3 is 2.43 bits per heavy atom. The van der Waals surface area contributed by atoms with E-state index in [9.17, 15) is 19.6 Å². The number of carbonyl (C=O) groups is 1. The summed E-state index contributed by atoms with van der Waals surface area (Å²) in [6.07, 6.45) is 3.35. The van der Waals surface area contributed by atoms with Crippen LogP contribution in [-0.2, 0) is 23.1 Å². The molecule has 1 amide bonds. The summed E-state index contributed by atoms with van der Waals surface area (Å²) in [5.74, 6) is 0.244. The molecule has 2 aliphatic heterocycles. The zero-order valence-corrected chi connectivity index (χ0v) is 25.7. The van der Waals surface area contributed by atoms with Crippen molar-refractivity contribution in [3.63, 3.8) is 0 Å². The second-order valence-electron chi connectivity index (χ2n) is 10.2. The molecule has 4 heterocycles. The highest BCUT2D eigenvalue weighted by Crippen LogP contribution is 2.38. The molecule has 2 aromatic heterocycles. The van der Waals surface area contributed by atoms with E-state index in [2.05, 4.69) is 11.0 Å². The summed E-state index contributed by atoms with van der Waals surface area (Å²) in [7, 11) is 1.77. The van der Waals surface area contributed by atoms with Gasteiger partial charge >= 0.3 is 0 Å². The van der Waals surface area contributed by atoms with Crippen molar-refractivity contribution in [2.45, 2.75) is 40.2 Å². The number of para-hydroxylation sites is 1. The quantitative estimate of drug-likeness (QED) is 0.296. The van der Waals surface area contributed by atoms with Crippen molar-refractivity contribution >= 4 is 51.8 Å². The maximum absolute atomic E-state index is 14.0. The summed E-state index contributed by atoms with van der Waals surface area (Å²) >= 11 is 6.76. The van der Waals surface area contributed by atoms with Gasteiger partial charge in [0.05, 0.1) is 29.5 Å². The van der Waals surface area contributed by atoms with E-state index in [1.54, 1.807) is 36.2 Å². The van der Waals surface area contributed by atoms with Gasteiger partial charge in [-0.2, -0.15) is 5.26 Å². The minimum atomic E-state index is -0.423. The molecule has 0 saturated carbocycles. The van der Waals surface area contributed by atoms with Crippen LogP contribution in [0.25, 0.3) is 11.8 Å². The third-order valence-electron chi connectivity index (χ3n) is 7.71. The number of nitriles is 1. The van der Waals surface area contributed by atoms with Crippen LogP contribution in [0.15, 0.2) is 44.8 Å². The Balaban J connectivity index is 1.66. The van der Waals surface area contributed by atoms with Gasteiger partial charge in [0, 0.05) is 32.2 Å². The van der Waals surface area contributed by atoms with Gasteiger partial charge in [-0.25, -0.2) is 4.68 Å². The van der Waals surface area contributed by atoms with Crippen LogP contribution in [0.1, 0.15) is 42.1 Å². The molecule has 0 spiro atoms. The topological polar surface area (TPSA) is 106 Å². The number of aromatic nitrogens is 3. The Labute approximate surface area is 253 Å². The number of thiocarbonyl (C=S) groups is 1. The minimum Gasteiger partial charge on any atom is -0.378 e. The lowest BCUT2D eigenvalue weighted by atomic mass is 10.0. The number of unbranched alkanes of at least 4 members (excludes halogenated alkanes) is 1. The molecule has 12 heteroatoms. The summed E-state index contributed by atoms with van der Waals surface area (Å²) in [6.45, 7) is 8.15. The lowest BCUT2D eigenvalue weighted by Gasteiger charge is -2.33. The van der Waals surface area contributed by atoms with Crippen LogP contribution in [0, 0.1) is 25.2 Å². The molecule has 10 nitrogen and oxygen atoms in total. The molecule has 0 atom stereocenters. The SMILES string of the molecule is CCCCn1c(N2CCOCC2)c(/C=C2/SC(=S)N(c3c(C)n(C)n(-c4ccccc4)c3=O)C2=O)c(C)c(C#N)c1=O. The molecule has 0 bridgehead atoms. The van der Waals surface area contributed by atoms with Gasteiger partial charge in [-0.05, 0) is 44.0 Å². The van der Waals surface area contributed by atoms with Gasteiger partial charge in [0.15, 0.2) is 4.32 Å². The van der Waals surface area contributed by atoms with E-state index in [0.717, 1.165) is 24.6 Å². The van der Waals surface area contributed by atoms with Crippen LogP contribution in [0.2, 0.25) is 0 Å². The number of amides is 1. The van der Waals surface area contributed by atoms with Gasteiger partial charge in [-0.1, -0.05) is 55.5 Å². The van der Waals surface area contributed by atoms with Gasteiger partial charge < -0.3 is 9.64 Å². The molecule has 0 N–H and O–H groups in total. The lowest BCUT2D eigenvalue weighted by Crippen LogP contribution is -2.41. The molecule has 218 valence electrons. The predicted molar refractivity (Wildman–Crippen MR) is 169 cm³/mol. The zero-order chi connectivity index (χ0) is 30.1. The second kappa shape index (κ2) is 12.1. The van der Waals surface area contributed by atoms with Crippen molar-refractivity contribution in [1.29, 1.82) is 5.26 Å². The molecular weight excluding hydrogens is 573 g/mol. The molecule has 0 radical (unpaired) electrons. The van der Waals surface area contributed by atoms with E-state index in [1.807, 2.05) is 37.3 Å². The number of pyridine rings is 1. The number of benzene rings is 1. The molecule has 0 unspecified atom stereocenters. The molecule has 2 aliphatic rings. The third kappa shape index (κ3) is 5.02. The maximum Gasteiger partial charge on any atom is 0.296 e. The zero-order valence-electron chi connectivity index (χ0n) is 24.0. The highest BCUT2D eigenvalue weighted by Gasteiger charge is 2.38. The third-order valence-corrected chi connectivity index (χ3v) is 9.01. The molecule has 1 aromatic carbocycles. The van der Waals surface area contributed by atoms with E-state index >= 15 is 0 Å². The minimum absolute atomic E-state index is 0.0505. The number of ether oxygens (including phenoxy) is 1. The fraction of sp³-hybridized carbons (Fsp3) is 0.367. The summed E-state index contributed by atoms with van der Waals surface area (Å²) in [6, 6.07) is 11.3. The average molecular weight is 605 g/mol. The molecule has 42 heavy (non-hydrogen) atoms. The fourth-order valence-electron chi connectivity index (χ4n) is 5.39. The summed E-state index contributed by atoms with van der Waals surface area (Å²) in [4.78, 5) is 44.9. The summed E-state index contributed by atoms with van der Waals surface area (Å²) in [5, 5.41) is 9.95. The molecule has 0 aliphatic carbocycles. The molecular formula is C30H32N6O4S2.